The Morgan fingerprint density at radius 3 is 1.77 bits per heavy atom. The number of imidazole rings is 2. The number of nitrogen functional groups attached to an aromatic ring is 2. The topological polar surface area (TPSA) is 240 Å². The Kier molecular flexibility index (Phi) is 12.2. The van der Waals surface area contributed by atoms with Crippen LogP contribution >= 0.6 is 0 Å². The number of ether oxygens (including phenoxy) is 4. The number of nitrogens with zero attached hydrogens (tertiary/aromatic N) is 6. The number of nitrogens with one attached hydrogen (secondary N) is 4. The van der Waals surface area contributed by atoms with Gasteiger partial charge in [0.2, 0.25) is 0 Å². The van der Waals surface area contributed by atoms with Gasteiger partial charge < -0.3 is 51.0 Å². The van der Waals surface area contributed by atoms with Gasteiger partial charge in [-0.1, -0.05) is 36.4 Å². The van der Waals surface area contributed by atoms with Gasteiger partial charge in [0.25, 0.3) is 0 Å². The number of nitrogens with two attached hydrogens (primary N) is 2. The lowest BCUT2D eigenvalue weighted by Crippen LogP contribution is -2.34. The summed E-state index contributed by atoms with van der Waals surface area (Å²) in [6.45, 7) is 5.46. The zero-order valence-corrected chi connectivity index (χ0v) is 34.5. The van der Waals surface area contributed by atoms with Gasteiger partial charge in [-0.25, -0.2) is 9.59 Å². The minimum Gasteiger partial charge on any atom is -0.490 e. The highest BCUT2D eigenvalue weighted by Crippen LogP contribution is 2.27. The van der Waals surface area contributed by atoms with E-state index in [0.29, 0.717) is 55.1 Å². The van der Waals surface area contributed by atoms with E-state index in [1.807, 2.05) is 18.2 Å². The second-order valence-corrected chi connectivity index (χ2v) is 15.9. The lowest BCUT2D eigenvalue weighted by molar-refractivity contribution is 0.161. The quantitative estimate of drug-likeness (QED) is 0.139. The number of benzene rings is 2. The number of aromatic nitrogens is 8. The number of rotatable bonds is 4. The molecular formula is C44H52N12O6. The molecule has 4 aliphatic heterocycles. The monoisotopic (exact) mass is 844 g/mol. The number of allylic oxidation sites excluding steroid dienone is 2. The summed E-state index contributed by atoms with van der Waals surface area (Å²) in [6.07, 6.45) is 15.8. The molecule has 2 saturated heterocycles. The van der Waals surface area contributed by atoms with Gasteiger partial charge in [-0.15, -0.1) is 0 Å². The van der Waals surface area contributed by atoms with Gasteiger partial charge in [0.1, 0.15) is 34.7 Å². The largest absolute Gasteiger partial charge is 0.490 e. The van der Waals surface area contributed by atoms with Gasteiger partial charge in [-0.3, -0.25) is 9.13 Å². The average molecular weight is 845 g/mol. The van der Waals surface area contributed by atoms with Gasteiger partial charge >= 0.3 is 23.4 Å². The molecule has 8 bridgehead atoms. The van der Waals surface area contributed by atoms with Crippen LogP contribution in [0, 0.1) is 0 Å². The van der Waals surface area contributed by atoms with Crippen molar-refractivity contribution >= 4 is 34.0 Å². The molecule has 0 saturated carbocycles. The third-order valence-corrected chi connectivity index (χ3v) is 11.3. The van der Waals surface area contributed by atoms with Crippen molar-refractivity contribution in [2.24, 2.45) is 0 Å². The number of anilines is 2. The van der Waals surface area contributed by atoms with Gasteiger partial charge in [0, 0.05) is 0 Å². The highest BCUT2D eigenvalue weighted by molar-refractivity contribution is 5.82. The van der Waals surface area contributed by atoms with E-state index in [1.165, 1.54) is 0 Å². The van der Waals surface area contributed by atoms with Crippen molar-refractivity contribution < 1.29 is 18.9 Å². The Morgan fingerprint density at radius 1 is 0.613 bits per heavy atom. The molecule has 0 atom stereocenters. The molecule has 4 aromatic heterocycles. The summed E-state index contributed by atoms with van der Waals surface area (Å²) in [5.74, 6) is 2.14. The van der Waals surface area contributed by atoms with E-state index in [2.05, 4.69) is 83.0 Å². The number of hydrogen-bond donors (Lipinski definition) is 6. The first-order chi connectivity index (χ1) is 30.3. The molecule has 8 N–H and O–H groups in total. The van der Waals surface area contributed by atoms with Crippen molar-refractivity contribution in [2.75, 3.05) is 50.9 Å². The summed E-state index contributed by atoms with van der Waals surface area (Å²) in [4.78, 5) is 48.0. The van der Waals surface area contributed by atoms with E-state index < -0.39 is 0 Å². The molecule has 0 amide bonds. The van der Waals surface area contributed by atoms with E-state index in [0.717, 1.165) is 105 Å². The van der Waals surface area contributed by atoms with E-state index >= 15 is 0 Å². The van der Waals surface area contributed by atoms with Crippen LogP contribution in [-0.4, -0.2) is 90.6 Å². The smallest absolute Gasteiger partial charge is 0.328 e. The maximum Gasteiger partial charge on any atom is 0.328 e. The Bertz CT molecular complexity index is 2720. The minimum atomic E-state index is -0.286. The summed E-state index contributed by atoms with van der Waals surface area (Å²) >= 11 is 0. The van der Waals surface area contributed by atoms with Crippen molar-refractivity contribution in [3.63, 3.8) is 0 Å². The normalized spacial score (nSPS) is 18.5. The van der Waals surface area contributed by atoms with Crippen molar-refractivity contribution in [3.05, 3.63) is 104 Å². The molecule has 4 aliphatic rings. The lowest BCUT2D eigenvalue weighted by Gasteiger charge is -2.25. The molecule has 0 unspecified atom stereocenters. The van der Waals surface area contributed by atoms with E-state index in [9.17, 15) is 9.59 Å². The zero-order chi connectivity index (χ0) is 42.4. The van der Waals surface area contributed by atoms with Gasteiger partial charge in [-0.05, 0) is 124 Å². The maximum absolute atomic E-state index is 12.7. The van der Waals surface area contributed by atoms with Gasteiger partial charge in [-0.2, -0.15) is 19.9 Å². The summed E-state index contributed by atoms with van der Waals surface area (Å²) in [6, 6.07) is 12.7. The molecule has 62 heavy (non-hydrogen) atoms. The standard InChI is InChI=1S/2C22H26N6O3/c23-19-18-20-27-21(26-19)30-9-3-1-2-4-14-10-15(13-28(20)22(29)25-18)12-17(11-14)31-16-5-7-24-8-6-16;23-19-18-20-27-21(26-19)30-11-3-1-2-4-15-12-14(13-28(20)22(29)25-18)5-6-17(15)31-16-7-9-24-10-8-16/h1-2,10-12,16,24H,3-9,13H2,(H,25,29)(H2,23,26,27);1-2,5-6,12,16,24H,3-4,7-11,13H2,(H,25,29)(H2,23,26,27)/b2*2-1+. The van der Waals surface area contributed by atoms with Crippen LogP contribution in [0.15, 0.2) is 70.3 Å². The van der Waals surface area contributed by atoms with Crippen molar-refractivity contribution in [1.29, 1.82) is 0 Å². The lowest BCUT2D eigenvalue weighted by atomic mass is 10.0. The molecule has 0 spiro atoms. The number of fused-ring (bicyclic) bond motifs is 6. The van der Waals surface area contributed by atoms with Crippen molar-refractivity contribution in [3.8, 4) is 23.5 Å². The molecule has 0 aliphatic carbocycles. The predicted octanol–water partition coefficient (Wildman–Crippen LogP) is 3.52. The molecule has 6 aromatic rings. The van der Waals surface area contributed by atoms with Crippen LogP contribution in [0.5, 0.6) is 23.5 Å². The second kappa shape index (κ2) is 18.5. The summed E-state index contributed by atoms with van der Waals surface area (Å²) in [7, 11) is 0. The fourth-order valence-corrected chi connectivity index (χ4v) is 8.16. The van der Waals surface area contributed by atoms with Gasteiger partial charge in [0.15, 0.2) is 22.9 Å². The van der Waals surface area contributed by atoms with Crippen LogP contribution in [0.3, 0.4) is 0 Å². The van der Waals surface area contributed by atoms with Crippen molar-refractivity contribution in [2.45, 2.75) is 76.7 Å². The van der Waals surface area contributed by atoms with Crippen LogP contribution in [0.25, 0.3) is 22.3 Å². The Morgan fingerprint density at radius 2 is 1.16 bits per heavy atom. The molecule has 8 heterocycles. The SMILES string of the molecule is Nc1nc2nc3c1[nH]c(=O)n3Cc1cc(cc(OC3CCNCC3)c1)C/C=C/CCO2.Nc1nc2nc3c1[nH]c(=O)n3Cc1ccc(OC3CCNCC3)c(c1)C/C=C/CCO2. The number of hydrogen-bond acceptors (Lipinski definition) is 14. The third kappa shape index (κ3) is 9.45. The summed E-state index contributed by atoms with van der Waals surface area (Å²) < 4.78 is 27.1. The number of aromatic amines is 2. The molecule has 2 fully saturated rings. The fraction of sp³-hybridized carbons (Fsp3) is 0.409. The molecular weight excluding hydrogens is 793 g/mol. The minimum absolute atomic E-state index is 0.173. The van der Waals surface area contributed by atoms with E-state index in [4.69, 9.17) is 30.4 Å². The first kappa shape index (κ1) is 40.7. The Labute approximate surface area is 356 Å². The van der Waals surface area contributed by atoms with E-state index in [1.54, 1.807) is 9.13 Å². The highest BCUT2D eigenvalue weighted by Gasteiger charge is 2.20. The predicted molar refractivity (Wildman–Crippen MR) is 235 cm³/mol. The molecule has 18 heteroatoms. The Hall–Kier alpha value is -6.66. The summed E-state index contributed by atoms with van der Waals surface area (Å²) in [5.41, 5.74) is 17.4. The van der Waals surface area contributed by atoms with Crippen LogP contribution in [0.4, 0.5) is 11.6 Å². The molecule has 0 radical (unpaired) electrons. The number of H-pyrrole nitrogens is 2. The zero-order valence-electron chi connectivity index (χ0n) is 34.5. The van der Waals surface area contributed by atoms with Crippen molar-refractivity contribution in [1.82, 2.24) is 49.7 Å². The average Bonchev–Trinajstić information content (AvgIpc) is 3.76. The maximum atomic E-state index is 12.7. The molecule has 2 aromatic carbocycles. The molecule has 10 rings (SSSR count). The van der Waals surface area contributed by atoms with Crippen LogP contribution in [0.1, 0.15) is 60.8 Å². The third-order valence-electron chi connectivity index (χ3n) is 11.3. The van der Waals surface area contributed by atoms with E-state index in [-0.39, 0.29) is 47.2 Å². The van der Waals surface area contributed by atoms with Crippen LogP contribution < -0.4 is 52.4 Å². The van der Waals surface area contributed by atoms with Gasteiger partial charge in [0.05, 0.1) is 26.3 Å². The Balaban J connectivity index is 0.000000158. The first-order valence-electron chi connectivity index (χ1n) is 21.4. The summed E-state index contributed by atoms with van der Waals surface area (Å²) in [5, 5.41) is 6.73. The van der Waals surface area contributed by atoms with Crippen LogP contribution in [0.2, 0.25) is 0 Å². The highest BCUT2D eigenvalue weighted by atomic mass is 16.5. The number of piperidine rings is 2. The molecule has 18 nitrogen and oxygen atoms in total. The molecule has 324 valence electrons. The fourth-order valence-electron chi connectivity index (χ4n) is 8.16. The second-order valence-electron chi connectivity index (χ2n) is 15.9. The van der Waals surface area contributed by atoms with Crippen LogP contribution in [-0.2, 0) is 25.9 Å². The first-order valence-corrected chi connectivity index (χ1v) is 21.4.